The van der Waals surface area contributed by atoms with Crippen LogP contribution in [0.1, 0.15) is 17.3 Å². The molecule has 2 heterocycles. The number of carbonyl (C=O) groups is 1. The molecule has 0 fully saturated rings. The van der Waals surface area contributed by atoms with Gasteiger partial charge in [-0.3, -0.25) is 4.79 Å². The number of fused-ring (bicyclic) bond motifs is 1. The average Bonchev–Trinajstić information content (AvgIpc) is 2.66. The van der Waals surface area contributed by atoms with Crippen LogP contribution in [0.15, 0.2) is 16.2 Å². The lowest BCUT2D eigenvalue weighted by Gasteiger charge is -2.04. The third-order valence-electron chi connectivity index (χ3n) is 2.16. The molecule has 2 aromatic rings. The fraction of sp³-hybridized carbons (Fsp3) is 0.200. The molecule has 0 aromatic carbocycles. The maximum Gasteiger partial charge on any atom is 0.345 e. The first-order chi connectivity index (χ1) is 7.65. The molecule has 0 aliphatic heterocycles. The Morgan fingerprint density at radius 1 is 1.62 bits per heavy atom. The van der Waals surface area contributed by atoms with Crippen molar-refractivity contribution in [3.63, 3.8) is 0 Å². The molecule has 0 radical (unpaired) electrons. The van der Waals surface area contributed by atoms with Crippen molar-refractivity contribution in [3.05, 3.63) is 27.4 Å². The van der Waals surface area contributed by atoms with E-state index in [4.69, 9.17) is 10.5 Å². The van der Waals surface area contributed by atoms with Crippen LogP contribution in [0.2, 0.25) is 0 Å². The standard InChI is InChI=1S/C10H10N2O3S/c1-2-15-10(14)6-7(11)5-3-4-16-9(5)12-8(6)13/h3-4H,2H2,1H3,(H3,11,12,13). The van der Waals surface area contributed by atoms with E-state index in [0.29, 0.717) is 10.2 Å². The van der Waals surface area contributed by atoms with Crippen molar-refractivity contribution < 1.29 is 9.53 Å². The van der Waals surface area contributed by atoms with Gasteiger partial charge in [0.05, 0.1) is 12.3 Å². The lowest BCUT2D eigenvalue weighted by molar-refractivity contribution is 0.0526. The van der Waals surface area contributed by atoms with E-state index in [-0.39, 0.29) is 17.9 Å². The number of hydrogen-bond acceptors (Lipinski definition) is 5. The van der Waals surface area contributed by atoms with Crippen molar-refractivity contribution in [1.82, 2.24) is 4.98 Å². The fourth-order valence-corrected chi connectivity index (χ4v) is 2.24. The van der Waals surface area contributed by atoms with E-state index in [1.54, 1.807) is 18.4 Å². The van der Waals surface area contributed by atoms with Gasteiger partial charge in [0.1, 0.15) is 10.4 Å². The Bertz CT molecular complexity index is 600. The molecule has 0 unspecified atom stereocenters. The molecule has 16 heavy (non-hydrogen) atoms. The van der Waals surface area contributed by atoms with Crippen molar-refractivity contribution in [2.45, 2.75) is 6.92 Å². The Kier molecular flexibility index (Phi) is 2.66. The van der Waals surface area contributed by atoms with Crippen molar-refractivity contribution in [2.24, 2.45) is 0 Å². The van der Waals surface area contributed by atoms with Crippen LogP contribution in [0.4, 0.5) is 5.69 Å². The number of nitrogens with one attached hydrogen (secondary N) is 1. The van der Waals surface area contributed by atoms with Crippen molar-refractivity contribution >= 4 is 33.2 Å². The van der Waals surface area contributed by atoms with Gasteiger partial charge in [0.15, 0.2) is 0 Å². The Balaban J connectivity index is 2.68. The number of aromatic amines is 1. The zero-order chi connectivity index (χ0) is 11.7. The highest BCUT2D eigenvalue weighted by molar-refractivity contribution is 7.16. The Hall–Kier alpha value is -1.82. The van der Waals surface area contributed by atoms with Gasteiger partial charge in [-0.1, -0.05) is 0 Å². The van der Waals surface area contributed by atoms with Crippen LogP contribution in [0.5, 0.6) is 0 Å². The summed E-state index contributed by atoms with van der Waals surface area (Å²) in [4.78, 5) is 26.4. The first kappa shape index (κ1) is 10.7. The molecule has 2 rings (SSSR count). The van der Waals surface area contributed by atoms with Crippen LogP contribution < -0.4 is 11.3 Å². The number of ether oxygens (including phenoxy) is 1. The molecule has 0 aliphatic carbocycles. The van der Waals surface area contributed by atoms with E-state index in [1.807, 2.05) is 0 Å². The van der Waals surface area contributed by atoms with Gasteiger partial charge in [0.2, 0.25) is 0 Å². The van der Waals surface area contributed by atoms with E-state index in [0.717, 1.165) is 0 Å². The van der Waals surface area contributed by atoms with Crippen LogP contribution in [0, 0.1) is 0 Å². The normalized spacial score (nSPS) is 10.6. The van der Waals surface area contributed by atoms with Crippen molar-refractivity contribution in [3.8, 4) is 0 Å². The molecule has 0 aliphatic rings. The first-order valence-electron chi connectivity index (χ1n) is 4.71. The van der Waals surface area contributed by atoms with Gasteiger partial charge in [-0.25, -0.2) is 4.79 Å². The molecule has 0 amide bonds. The van der Waals surface area contributed by atoms with E-state index < -0.39 is 11.5 Å². The maximum absolute atomic E-state index is 11.6. The molecule has 0 spiro atoms. The van der Waals surface area contributed by atoms with Crippen molar-refractivity contribution in [2.75, 3.05) is 12.3 Å². The number of carbonyl (C=O) groups excluding carboxylic acids is 1. The Morgan fingerprint density at radius 3 is 3.06 bits per heavy atom. The number of hydrogen-bond donors (Lipinski definition) is 2. The molecule has 0 bridgehead atoms. The summed E-state index contributed by atoms with van der Waals surface area (Å²) in [5, 5.41) is 2.47. The smallest absolute Gasteiger partial charge is 0.345 e. The van der Waals surface area contributed by atoms with Gasteiger partial charge in [-0.05, 0) is 18.4 Å². The van der Waals surface area contributed by atoms with E-state index in [2.05, 4.69) is 4.98 Å². The number of rotatable bonds is 2. The van der Waals surface area contributed by atoms with Gasteiger partial charge in [0, 0.05) is 5.39 Å². The summed E-state index contributed by atoms with van der Waals surface area (Å²) in [5.41, 5.74) is 5.33. The molecular weight excluding hydrogens is 228 g/mol. The fourth-order valence-electron chi connectivity index (χ4n) is 1.45. The quantitative estimate of drug-likeness (QED) is 0.773. The number of pyridine rings is 1. The highest BCUT2D eigenvalue weighted by atomic mass is 32.1. The number of esters is 1. The summed E-state index contributed by atoms with van der Waals surface area (Å²) >= 11 is 1.36. The van der Waals surface area contributed by atoms with E-state index in [9.17, 15) is 9.59 Å². The van der Waals surface area contributed by atoms with E-state index >= 15 is 0 Å². The van der Waals surface area contributed by atoms with Gasteiger partial charge < -0.3 is 15.5 Å². The van der Waals surface area contributed by atoms with Crippen molar-refractivity contribution in [1.29, 1.82) is 0 Å². The van der Waals surface area contributed by atoms with Crippen LogP contribution in [0.3, 0.4) is 0 Å². The highest BCUT2D eigenvalue weighted by Gasteiger charge is 2.18. The number of nitrogen functional groups attached to an aromatic ring is 1. The van der Waals surface area contributed by atoms with Crippen LogP contribution in [-0.2, 0) is 4.74 Å². The number of thiophene rings is 1. The molecular formula is C10H10N2O3S. The second-order valence-electron chi connectivity index (χ2n) is 3.13. The lowest BCUT2D eigenvalue weighted by atomic mass is 10.2. The maximum atomic E-state index is 11.6. The molecule has 0 saturated carbocycles. The van der Waals surface area contributed by atoms with Gasteiger partial charge in [-0.15, -0.1) is 11.3 Å². The van der Waals surface area contributed by atoms with Crippen LogP contribution in [-0.4, -0.2) is 17.6 Å². The second kappa shape index (κ2) is 3.97. The summed E-state index contributed by atoms with van der Waals surface area (Å²) in [6.07, 6.45) is 0. The average molecular weight is 238 g/mol. The molecule has 0 atom stereocenters. The molecule has 84 valence electrons. The third-order valence-corrected chi connectivity index (χ3v) is 2.99. The lowest BCUT2D eigenvalue weighted by Crippen LogP contribution is -2.21. The summed E-state index contributed by atoms with van der Waals surface area (Å²) in [5.74, 6) is -0.686. The molecule has 0 saturated heterocycles. The minimum absolute atomic E-state index is 0.118. The minimum atomic E-state index is -0.686. The minimum Gasteiger partial charge on any atom is -0.462 e. The molecule has 5 nitrogen and oxygen atoms in total. The Labute approximate surface area is 94.8 Å². The zero-order valence-electron chi connectivity index (χ0n) is 8.57. The molecule has 6 heteroatoms. The van der Waals surface area contributed by atoms with Crippen LogP contribution in [0.25, 0.3) is 10.2 Å². The summed E-state index contributed by atoms with van der Waals surface area (Å²) in [7, 11) is 0. The predicted molar refractivity (Wildman–Crippen MR) is 62.8 cm³/mol. The largest absolute Gasteiger partial charge is 0.462 e. The second-order valence-corrected chi connectivity index (χ2v) is 4.04. The number of H-pyrrole nitrogens is 1. The molecule has 3 N–H and O–H groups in total. The summed E-state index contributed by atoms with van der Waals surface area (Å²) < 4.78 is 4.78. The van der Waals surface area contributed by atoms with Crippen LogP contribution >= 0.6 is 11.3 Å². The topological polar surface area (TPSA) is 85.2 Å². The predicted octanol–water partition coefficient (Wildman–Crippen LogP) is 1.35. The third kappa shape index (κ3) is 1.57. The molecule has 2 aromatic heterocycles. The Morgan fingerprint density at radius 2 is 2.38 bits per heavy atom. The first-order valence-corrected chi connectivity index (χ1v) is 5.59. The number of anilines is 1. The van der Waals surface area contributed by atoms with Gasteiger partial charge in [-0.2, -0.15) is 0 Å². The van der Waals surface area contributed by atoms with E-state index in [1.165, 1.54) is 11.3 Å². The number of aromatic nitrogens is 1. The summed E-state index contributed by atoms with van der Waals surface area (Å²) in [6.45, 7) is 1.88. The number of nitrogens with two attached hydrogens (primary N) is 1. The van der Waals surface area contributed by atoms with Gasteiger partial charge in [0.25, 0.3) is 5.56 Å². The zero-order valence-corrected chi connectivity index (χ0v) is 9.39. The SMILES string of the molecule is CCOC(=O)c1c(N)c2ccsc2[nH]c1=O. The summed E-state index contributed by atoms with van der Waals surface area (Å²) in [6, 6.07) is 1.76. The van der Waals surface area contributed by atoms with Gasteiger partial charge >= 0.3 is 5.97 Å². The highest BCUT2D eigenvalue weighted by Crippen LogP contribution is 2.25. The monoisotopic (exact) mass is 238 g/mol.